The van der Waals surface area contributed by atoms with E-state index in [0.717, 1.165) is 32.5 Å². The maximum Gasteiger partial charge on any atom is 0.0603 e. The van der Waals surface area contributed by atoms with Crippen LogP contribution in [0, 0.1) is 0 Å². The number of benzene rings is 1. The van der Waals surface area contributed by atoms with E-state index in [1.807, 2.05) is 19.9 Å². The summed E-state index contributed by atoms with van der Waals surface area (Å²) in [5, 5.41) is 9.77. The summed E-state index contributed by atoms with van der Waals surface area (Å²) in [5.74, 6) is 0. The molecule has 0 radical (unpaired) electrons. The molecule has 0 bridgehead atoms. The number of rotatable bonds is 7. The predicted octanol–water partition coefficient (Wildman–Crippen LogP) is 3.06. The van der Waals surface area contributed by atoms with E-state index in [0.29, 0.717) is 0 Å². The standard InChI is InChI=1S/C15H25NO/c1-4-11-16(12-10-15(2,3)17)13-14-8-6-5-7-9-14/h5-9,17H,4,10-13H2,1-3H3. The molecular weight excluding hydrogens is 210 g/mol. The van der Waals surface area contributed by atoms with Crippen LogP contribution in [-0.4, -0.2) is 28.7 Å². The van der Waals surface area contributed by atoms with Crippen LogP contribution >= 0.6 is 0 Å². The first kappa shape index (κ1) is 14.2. The fourth-order valence-electron chi connectivity index (χ4n) is 1.86. The first-order chi connectivity index (χ1) is 8.01. The highest BCUT2D eigenvalue weighted by molar-refractivity contribution is 5.14. The van der Waals surface area contributed by atoms with Gasteiger partial charge < -0.3 is 5.11 Å². The summed E-state index contributed by atoms with van der Waals surface area (Å²) in [5.41, 5.74) is 0.777. The summed E-state index contributed by atoms with van der Waals surface area (Å²) >= 11 is 0. The molecule has 0 atom stereocenters. The van der Waals surface area contributed by atoms with Crippen LogP contribution in [-0.2, 0) is 6.54 Å². The fraction of sp³-hybridized carbons (Fsp3) is 0.600. The van der Waals surface area contributed by atoms with Crippen molar-refractivity contribution < 1.29 is 5.11 Å². The highest BCUT2D eigenvalue weighted by atomic mass is 16.3. The number of hydrogen-bond donors (Lipinski definition) is 1. The molecule has 0 aliphatic rings. The Morgan fingerprint density at radius 1 is 1.12 bits per heavy atom. The van der Waals surface area contributed by atoms with E-state index in [4.69, 9.17) is 0 Å². The fourth-order valence-corrected chi connectivity index (χ4v) is 1.86. The lowest BCUT2D eigenvalue weighted by molar-refractivity contribution is 0.0565. The van der Waals surface area contributed by atoms with Crippen LogP contribution in [0.25, 0.3) is 0 Å². The van der Waals surface area contributed by atoms with Crippen molar-refractivity contribution in [3.05, 3.63) is 35.9 Å². The molecule has 1 aromatic carbocycles. The van der Waals surface area contributed by atoms with Crippen molar-refractivity contribution >= 4 is 0 Å². The topological polar surface area (TPSA) is 23.5 Å². The van der Waals surface area contributed by atoms with Crippen molar-refractivity contribution in [3.8, 4) is 0 Å². The zero-order valence-corrected chi connectivity index (χ0v) is 11.3. The van der Waals surface area contributed by atoms with Gasteiger partial charge in [0.05, 0.1) is 5.60 Å². The third-order valence-corrected chi connectivity index (χ3v) is 2.83. The van der Waals surface area contributed by atoms with Gasteiger partial charge in [0.2, 0.25) is 0 Å². The van der Waals surface area contributed by atoms with E-state index in [9.17, 15) is 5.11 Å². The third kappa shape index (κ3) is 6.44. The van der Waals surface area contributed by atoms with Crippen LogP contribution in [0.3, 0.4) is 0 Å². The largest absolute Gasteiger partial charge is 0.390 e. The average Bonchev–Trinajstić information content (AvgIpc) is 2.27. The van der Waals surface area contributed by atoms with Gasteiger partial charge in [-0.05, 0) is 38.8 Å². The Balaban J connectivity index is 2.49. The van der Waals surface area contributed by atoms with Crippen LogP contribution in [0.2, 0.25) is 0 Å². The van der Waals surface area contributed by atoms with E-state index in [2.05, 4.69) is 36.1 Å². The molecule has 96 valence electrons. The van der Waals surface area contributed by atoms with Gasteiger partial charge >= 0.3 is 0 Å². The van der Waals surface area contributed by atoms with Gasteiger partial charge in [-0.15, -0.1) is 0 Å². The zero-order chi connectivity index (χ0) is 12.7. The monoisotopic (exact) mass is 235 g/mol. The molecule has 0 aliphatic carbocycles. The molecule has 17 heavy (non-hydrogen) atoms. The predicted molar refractivity (Wildman–Crippen MR) is 72.9 cm³/mol. The molecule has 1 rings (SSSR count). The van der Waals surface area contributed by atoms with Crippen molar-refractivity contribution in [2.75, 3.05) is 13.1 Å². The molecule has 0 aromatic heterocycles. The summed E-state index contributed by atoms with van der Waals surface area (Å²) in [4.78, 5) is 2.41. The minimum absolute atomic E-state index is 0.567. The Bertz CT molecular complexity index is 302. The molecule has 0 amide bonds. The van der Waals surface area contributed by atoms with Gasteiger partial charge in [-0.3, -0.25) is 4.90 Å². The van der Waals surface area contributed by atoms with Crippen LogP contribution in [0.5, 0.6) is 0 Å². The van der Waals surface area contributed by atoms with E-state index < -0.39 is 5.60 Å². The lowest BCUT2D eigenvalue weighted by Gasteiger charge is -2.25. The van der Waals surface area contributed by atoms with Gasteiger partial charge in [0.25, 0.3) is 0 Å². The lowest BCUT2D eigenvalue weighted by Crippen LogP contribution is -2.31. The van der Waals surface area contributed by atoms with Crippen molar-refractivity contribution in [3.63, 3.8) is 0 Å². The van der Waals surface area contributed by atoms with E-state index in [1.54, 1.807) is 0 Å². The first-order valence-corrected chi connectivity index (χ1v) is 6.50. The summed E-state index contributed by atoms with van der Waals surface area (Å²) in [6.07, 6.45) is 1.97. The van der Waals surface area contributed by atoms with Gasteiger partial charge in [0.15, 0.2) is 0 Å². The van der Waals surface area contributed by atoms with E-state index in [-0.39, 0.29) is 0 Å². The van der Waals surface area contributed by atoms with Crippen molar-refractivity contribution in [2.45, 2.75) is 45.8 Å². The van der Waals surface area contributed by atoms with Gasteiger partial charge in [-0.1, -0.05) is 37.3 Å². The molecule has 0 heterocycles. The normalized spacial score (nSPS) is 12.1. The molecule has 1 aromatic rings. The molecule has 0 aliphatic heterocycles. The molecule has 2 nitrogen and oxygen atoms in total. The Morgan fingerprint density at radius 3 is 2.29 bits per heavy atom. The molecule has 0 spiro atoms. The number of hydrogen-bond acceptors (Lipinski definition) is 2. The maximum absolute atomic E-state index is 9.77. The molecule has 0 fully saturated rings. The lowest BCUT2D eigenvalue weighted by atomic mass is 10.1. The minimum atomic E-state index is -0.567. The van der Waals surface area contributed by atoms with Crippen molar-refractivity contribution in [2.24, 2.45) is 0 Å². The summed E-state index contributed by atoms with van der Waals surface area (Å²) < 4.78 is 0. The van der Waals surface area contributed by atoms with Crippen LogP contribution in [0.15, 0.2) is 30.3 Å². The van der Waals surface area contributed by atoms with Crippen LogP contribution in [0.4, 0.5) is 0 Å². The Labute approximate surface area is 105 Å². The quantitative estimate of drug-likeness (QED) is 0.785. The molecule has 1 N–H and O–H groups in total. The maximum atomic E-state index is 9.77. The summed E-state index contributed by atoms with van der Waals surface area (Å²) in [6.45, 7) is 8.96. The average molecular weight is 235 g/mol. The molecule has 2 heteroatoms. The van der Waals surface area contributed by atoms with Gasteiger partial charge in [-0.2, -0.15) is 0 Å². The second-order valence-electron chi connectivity index (χ2n) is 5.32. The third-order valence-electron chi connectivity index (χ3n) is 2.83. The van der Waals surface area contributed by atoms with E-state index in [1.165, 1.54) is 5.56 Å². The van der Waals surface area contributed by atoms with Crippen LogP contribution in [0.1, 0.15) is 39.2 Å². The highest BCUT2D eigenvalue weighted by Crippen LogP contribution is 2.11. The molecule has 0 unspecified atom stereocenters. The Hall–Kier alpha value is -0.860. The summed E-state index contributed by atoms with van der Waals surface area (Å²) in [7, 11) is 0. The molecular formula is C15H25NO. The first-order valence-electron chi connectivity index (χ1n) is 6.50. The highest BCUT2D eigenvalue weighted by Gasteiger charge is 2.14. The van der Waals surface area contributed by atoms with Gasteiger partial charge in [-0.25, -0.2) is 0 Å². The SMILES string of the molecule is CCCN(CCC(C)(C)O)Cc1ccccc1. The zero-order valence-electron chi connectivity index (χ0n) is 11.3. The Morgan fingerprint density at radius 2 is 1.76 bits per heavy atom. The van der Waals surface area contributed by atoms with Crippen molar-refractivity contribution in [1.29, 1.82) is 0 Å². The minimum Gasteiger partial charge on any atom is -0.390 e. The van der Waals surface area contributed by atoms with Gasteiger partial charge in [0, 0.05) is 13.1 Å². The number of nitrogens with zero attached hydrogens (tertiary/aromatic N) is 1. The smallest absolute Gasteiger partial charge is 0.0603 e. The molecule has 0 saturated heterocycles. The second-order valence-corrected chi connectivity index (χ2v) is 5.32. The van der Waals surface area contributed by atoms with Crippen LogP contribution < -0.4 is 0 Å². The Kier molecular flexibility index (Phi) is 5.66. The van der Waals surface area contributed by atoms with Gasteiger partial charge in [0.1, 0.15) is 0 Å². The van der Waals surface area contributed by atoms with Crippen molar-refractivity contribution in [1.82, 2.24) is 4.90 Å². The second kappa shape index (κ2) is 6.77. The number of aliphatic hydroxyl groups is 1. The summed E-state index contributed by atoms with van der Waals surface area (Å²) in [6, 6.07) is 10.5. The molecule has 0 saturated carbocycles. The van der Waals surface area contributed by atoms with E-state index >= 15 is 0 Å².